The fraction of sp³-hybridized carbons (Fsp3) is 0.769. The first-order valence-electron chi connectivity index (χ1n) is 6.41. The van der Waals surface area contributed by atoms with Crippen LogP contribution in [0.25, 0.3) is 0 Å². The van der Waals surface area contributed by atoms with Gasteiger partial charge in [-0.1, -0.05) is 20.3 Å². The minimum absolute atomic E-state index is 0.617. The monoisotopic (exact) mass is 301 g/mol. The summed E-state index contributed by atoms with van der Waals surface area (Å²) in [5.74, 6) is 0. The van der Waals surface area contributed by atoms with Crippen molar-refractivity contribution in [2.24, 2.45) is 7.05 Å². The van der Waals surface area contributed by atoms with E-state index in [-0.39, 0.29) is 0 Å². The minimum atomic E-state index is 0.617. The Bertz CT molecular complexity index is 360. The van der Waals surface area contributed by atoms with Gasteiger partial charge in [-0.3, -0.25) is 9.58 Å². The molecule has 1 heterocycles. The van der Waals surface area contributed by atoms with Crippen LogP contribution in [0.1, 0.15) is 45.0 Å². The van der Waals surface area contributed by atoms with Crippen molar-refractivity contribution in [1.29, 1.82) is 0 Å². The van der Waals surface area contributed by atoms with E-state index in [1.165, 1.54) is 23.0 Å². The predicted molar refractivity (Wildman–Crippen MR) is 76.1 cm³/mol. The maximum absolute atomic E-state index is 4.53. The maximum atomic E-state index is 4.53. The van der Waals surface area contributed by atoms with Crippen LogP contribution in [0.3, 0.4) is 0 Å². The summed E-state index contributed by atoms with van der Waals surface area (Å²) in [5.41, 5.74) is 2.42. The second-order valence-electron chi connectivity index (χ2n) is 4.74. The summed E-state index contributed by atoms with van der Waals surface area (Å²) in [5, 5.41) is 4.53. The molecule has 3 nitrogen and oxygen atoms in total. The number of hydrogen-bond donors (Lipinski definition) is 0. The van der Waals surface area contributed by atoms with E-state index in [1.807, 2.05) is 11.7 Å². The molecule has 1 unspecified atom stereocenters. The Morgan fingerprint density at radius 2 is 2.06 bits per heavy atom. The third-order valence-corrected chi connectivity index (χ3v) is 4.28. The minimum Gasteiger partial charge on any atom is -0.298 e. The van der Waals surface area contributed by atoms with E-state index in [9.17, 15) is 0 Å². The van der Waals surface area contributed by atoms with Crippen LogP contribution in [0.15, 0.2) is 4.47 Å². The van der Waals surface area contributed by atoms with Gasteiger partial charge in [-0.2, -0.15) is 5.10 Å². The van der Waals surface area contributed by atoms with Gasteiger partial charge in [0.15, 0.2) is 0 Å². The third kappa shape index (κ3) is 3.55. The van der Waals surface area contributed by atoms with Crippen molar-refractivity contribution >= 4 is 15.9 Å². The largest absolute Gasteiger partial charge is 0.298 e. The van der Waals surface area contributed by atoms with Crippen molar-refractivity contribution in [2.75, 3.05) is 7.05 Å². The van der Waals surface area contributed by atoms with Crippen molar-refractivity contribution in [1.82, 2.24) is 14.7 Å². The molecule has 1 atom stereocenters. The Labute approximate surface area is 113 Å². The van der Waals surface area contributed by atoms with Crippen LogP contribution < -0.4 is 0 Å². The first-order valence-corrected chi connectivity index (χ1v) is 7.20. The Morgan fingerprint density at radius 1 is 1.41 bits per heavy atom. The number of aryl methyl sites for hydroxylation is 2. The Hall–Kier alpha value is -0.350. The number of halogens is 1. The molecule has 0 aliphatic carbocycles. The molecule has 0 saturated carbocycles. The van der Waals surface area contributed by atoms with E-state index >= 15 is 0 Å². The van der Waals surface area contributed by atoms with Gasteiger partial charge in [-0.25, -0.2) is 0 Å². The summed E-state index contributed by atoms with van der Waals surface area (Å²) in [4.78, 5) is 2.39. The van der Waals surface area contributed by atoms with Crippen LogP contribution in [0, 0.1) is 0 Å². The molecule has 1 aromatic rings. The summed E-state index contributed by atoms with van der Waals surface area (Å²) >= 11 is 3.67. The van der Waals surface area contributed by atoms with Crippen LogP contribution in [0.5, 0.6) is 0 Å². The van der Waals surface area contributed by atoms with Gasteiger partial charge in [0, 0.05) is 19.6 Å². The highest BCUT2D eigenvalue weighted by Crippen LogP contribution is 2.23. The summed E-state index contributed by atoms with van der Waals surface area (Å²) < 4.78 is 3.18. The summed E-state index contributed by atoms with van der Waals surface area (Å²) in [6.45, 7) is 7.61. The number of rotatable bonds is 6. The smallest absolute Gasteiger partial charge is 0.0767 e. The van der Waals surface area contributed by atoms with E-state index in [0.717, 1.165) is 18.7 Å². The van der Waals surface area contributed by atoms with Gasteiger partial charge < -0.3 is 0 Å². The molecule has 4 heteroatoms. The fourth-order valence-corrected chi connectivity index (χ4v) is 2.76. The Kier molecular flexibility index (Phi) is 5.67. The summed E-state index contributed by atoms with van der Waals surface area (Å²) in [6, 6.07) is 0.617. The van der Waals surface area contributed by atoms with Crippen molar-refractivity contribution in [3.05, 3.63) is 15.9 Å². The van der Waals surface area contributed by atoms with Crippen molar-refractivity contribution in [3.8, 4) is 0 Å². The lowest BCUT2D eigenvalue weighted by atomic mass is 10.1. The molecule has 17 heavy (non-hydrogen) atoms. The van der Waals surface area contributed by atoms with Crippen molar-refractivity contribution < 1.29 is 0 Å². The van der Waals surface area contributed by atoms with Gasteiger partial charge in [0.1, 0.15) is 0 Å². The van der Waals surface area contributed by atoms with E-state index in [1.54, 1.807) is 0 Å². The van der Waals surface area contributed by atoms with E-state index in [0.29, 0.717) is 6.04 Å². The molecule has 0 bridgehead atoms. The van der Waals surface area contributed by atoms with E-state index in [2.05, 4.69) is 53.7 Å². The van der Waals surface area contributed by atoms with Crippen LogP contribution in [0.4, 0.5) is 0 Å². The van der Waals surface area contributed by atoms with Gasteiger partial charge in [-0.05, 0) is 42.7 Å². The molecule has 0 aromatic carbocycles. The van der Waals surface area contributed by atoms with Gasteiger partial charge in [0.05, 0.1) is 15.9 Å². The van der Waals surface area contributed by atoms with Crippen LogP contribution in [-0.2, 0) is 20.0 Å². The number of aromatic nitrogens is 2. The Morgan fingerprint density at radius 3 is 2.53 bits per heavy atom. The first kappa shape index (κ1) is 14.7. The molecule has 0 amide bonds. The normalized spacial score (nSPS) is 13.4. The SMILES string of the molecule is CCCC(C)N(C)Cc1c(Br)c(CC)nn1C. The zero-order valence-corrected chi connectivity index (χ0v) is 13.2. The molecule has 98 valence electrons. The van der Waals surface area contributed by atoms with Crippen molar-refractivity contribution in [2.45, 2.75) is 52.6 Å². The molecule has 0 saturated heterocycles. The van der Waals surface area contributed by atoms with Gasteiger partial charge in [0.2, 0.25) is 0 Å². The topological polar surface area (TPSA) is 21.1 Å². The molecular weight excluding hydrogens is 278 g/mol. The second kappa shape index (κ2) is 6.55. The molecular formula is C13H24BrN3. The summed E-state index contributed by atoms with van der Waals surface area (Å²) in [6.07, 6.45) is 3.45. The van der Waals surface area contributed by atoms with Crippen LogP contribution >= 0.6 is 15.9 Å². The van der Waals surface area contributed by atoms with Gasteiger partial charge in [-0.15, -0.1) is 0 Å². The van der Waals surface area contributed by atoms with E-state index < -0.39 is 0 Å². The quantitative estimate of drug-likeness (QED) is 0.803. The molecule has 0 aliphatic heterocycles. The Balaban J connectivity index is 2.77. The van der Waals surface area contributed by atoms with Crippen LogP contribution in [0.2, 0.25) is 0 Å². The fourth-order valence-electron chi connectivity index (χ4n) is 2.02. The van der Waals surface area contributed by atoms with Gasteiger partial charge >= 0.3 is 0 Å². The molecule has 0 N–H and O–H groups in total. The van der Waals surface area contributed by atoms with Crippen LogP contribution in [-0.4, -0.2) is 27.8 Å². The molecule has 0 fully saturated rings. The lowest BCUT2D eigenvalue weighted by Gasteiger charge is -2.24. The number of nitrogens with zero attached hydrogens (tertiary/aromatic N) is 3. The number of hydrogen-bond acceptors (Lipinski definition) is 2. The predicted octanol–water partition coefficient (Wildman–Crippen LogP) is 3.37. The average molecular weight is 302 g/mol. The maximum Gasteiger partial charge on any atom is 0.0767 e. The summed E-state index contributed by atoms with van der Waals surface area (Å²) in [7, 11) is 4.21. The molecule has 1 aromatic heterocycles. The van der Waals surface area contributed by atoms with E-state index in [4.69, 9.17) is 0 Å². The highest BCUT2D eigenvalue weighted by Gasteiger charge is 2.16. The first-order chi connectivity index (χ1) is 8.01. The standard InChI is InChI=1S/C13H24BrN3/c1-6-8-10(3)16(4)9-12-13(14)11(7-2)15-17(12)5/h10H,6-9H2,1-5H3. The molecule has 0 aliphatic rings. The average Bonchev–Trinajstić information content (AvgIpc) is 2.56. The zero-order valence-electron chi connectivity index (χ0n) is 11.6. The lowest BCUT2D eigenvalue weighted by Crippen LogP contribution is -2.29. The molecule has 1 rings (SSSR count). The zero-order chi connectivity index (χ0) is 13.0. The second-order valence-corrected chi connectivity index (χ2v) is 5.53. The molecule has 0 spiro atoms. The third-order valence-electron chi connectivity index (χ3n) is 3.36. The van der Waals surface area contributed by atoms with Gasteiger partial charge in [0.25, 0.3) is 0 Å². The highest BCUT2D eigenvalue weighted by atomic mass is 79.9. The highest BCUT2D eigenvalue weighted by molar-refractivity contribution is 9.10. The molecule has 0 radical (unpaired) electrons. The lowest BCUT2D eigenvalue weighted by molar-refractivity contribution is 0.230. The van der Waals surface area contributed by atoms with Crippen molar-refractivity contribution in [3.63, 3.8) is 0 Å².